The Kier molecular flexibility index (Phi) is 8.75. The zero-order valence-electron chi connectivity index (χ0n) is 23.9. The molecule has 3 atom stereocenters. The number of β-lactam (4-membered cyclic amide) rings is 1. The second kappa shape index (κ2) is 12.0. The standard InChI is InChI=1S/C27H41N9O3S.ClH/c1-26(2)21(23(37)38)36-24(39)27(25(36)40-26,33-17-35-13-5-19(6-14-35)22-30-9-10-31-22)32-16-34-11-3-18(4-12-34)15-20-28-7-8-29-20;/h16-19,21,25H,3-15H2,1-2H3,(H,28,29)(H,30,31)(H,37,38);1H/t21-,25+,27+;/m0./s1. The molecule has 4 fully saturated rings. The largest absolute Gasteiger partial charge is 0.480 e. The van der Waals surface area contributed by atoms with E-state index in [-0.39, 0.29) is 18.3 Å². The average molecular weight is 608 g/mol. The topological polar surface area (TPSA) is 138 Å². The van der Waals surface area contributed by atoms with Gasteiger partial charge in [-0.25, -0.2) is 14.8 Å². The first-order valence-corrected chi connectivity index (χ1v) is 15.5. The third-order valence-corrected chi connectivity index (χ3v) is 10.7. The van der Waals surface area contributed by atoms with Gasteiger partial charge >= 0.3 is 5.97 Å². The van der Waals surface area contributed by atoms with Gasteiger partial charge in [0, 0.05) is 56.4 Å². The molecule has 6 aliphatic rings. The summed E-state index contributed by atoms with van der Waals surface area (Å²) in [4.78, 5) is 50.5. The summed E-state index contributed by atoms with van der Waals surface area (Å²) in [6.07, 6.45) is 8.64. The number of likely N-dealkylation sites (tertiary alicyclic amines) is 2. The van der Waals surface area contributed by atoms with Crippen molar-refractivity contribution in [2.75, 3.05) is 52.4 Å². The van der Waals surface area contributed by atoms with Crippen LogP contribution in [0.2, 0.25) is 0 Å². The SMILES string of the molecule is CC1(C)S[C@H]2N(C(=O)[C@@]2(N=CN2CCC(CC3=NCCN3)CC2)N=CN2CCC(C3=NCCN3)CC2)[C@H]1C(=O)O.Cl. The van der Waals surface area contributed by atoms with Crippen molar-refractivity contribution in [1.29, 1.82) is 0 Å². The number of carboxylic acid groups (broad SMARTS) is 1. The van der Waals surface area contributed by atoms with Crippen molar-refractivity contribution in [3.05, 3.63) is 0 Å². The Morgan fingerprint density at radius 2 is 1.63 bits per heavy atom. The van der Waals surface area contributed by atoms with E-state index in [9.17, 15) is 14.7 Å². The molecule has 0 bridgehead atoms. The van der Waals surface area contributed by atoms with Gasteiger partial charge in [0.1, 0.15) is 11.4 Å². The Bertz CT molecular complexity index is 1130. The van der Waals surface area contributed by atoms with Crippen molar-refractivity contribution in [3.8, 4) is 0 Å². The van der Waals surface area contributed by atoms with Crippen LogP contribution in [0.15, 0.2) is 20.0 Å². The highest BCUT2D eigenvalue weighted by Crippen LogP contribution is 2.56. The summed E-state index contributed by atoms with van der Waals surface area (Å²) in [7, 11) is 0. The Morgan fingerprint density at radius 1 is 1.02 bits per heavy atom. The highest BCUT2D eigenvalue weighted by atomic mass is 35.5. The number of aliphatic carboxylic acids is 1. The summed E-state index contributed by atoms with van der Waals surface area (Å²) in [5.74, 6) is 1.99. The minimum absolute atomic E-state index is 0. The number of thioether (sulfide) groups is 1. The Labute approximate surface area is 252 Å². The second-order valence-corrected chi connectivity index (χ2v) is 13.9. The maximum atomic E-state index is 13.7. The molecule has 12 nitrogen and oxygen atoms in total. The molecule has 4 saturated heterocycles. The van der Waals surface area contributed by atoms with Gasteiger partial charge in [-0.1, -0.05) is 0 Å². The zero-order valence-corrected chi connectivity index (χ0v) is 25.5. The number of carbonyl (C=O) groups excluding carboxylic acids is 1. The lowest BCUT2D eigenvalue weighted by Crippen LogP contribution is -2.72. The van der Waals surface area contributed by atoms with Crippen LogP contribution in [0, 0.1) is 11.8 Å². The van der Waals surface area contributed by atoms with Crippen LogP contribution in [-0.2, 0) is 9.59 Å². The number of amides is 1. The highest BCUT2D eigenvalue weighted by molar-refractivity contribution is 8.01. The number of rotatable bonds is 8. The molecule has 0 saturated carbocycles. The van der Waals surface area contributed by atoms with Crippen LogP contribution in [-0.4, -0.2) is 130 Å². The maximum absolute atomic E-state index is 13.7. The normalized spacial score (nSPS) is 32.0. The Hall–Kier alpha value is -2.54. The van der Waals surface area contributed by atoms with Crippen molar-refractivity contribution in [2.45, 2.75) is 67.8 Å². The molecule has 0 radical (unpaired) electrons. The van der Waals surface area contributed by atoms with Gasteiger partial charge in [0.05, 0.1) is 37.4 Å². The molecule has 6 aliphatic heterocycles. The van der Waals surface area contributed by atoms with Crippen LogP contribution in [0.25, 0.3) is 0 Å². The number of amidine groups is 2. The zero-order chi connectivity index (χ0) is 27.9. The van der Waals surface area contributed by atoms with Crippen LogP contribution in [0.5, 0.6) is 0 Å². The van der Waals surface area contributed by atoms with Gasteiger partial charge < -0.3 is 30.4 Å². The Morgan fingerprint density at radius 3 is 2.20 bits per heavy atom. The molecular weight excluding hydrogens is 566 g/mol. The van der Waals surface area contributed by atoms with Crippen molar-refractivity contribution in [1.82, 2.24) is 25.3 Å². The number of hydrogen-bond acceptors (Lipinski definition) is 9. The summed E-state index contributed by atoms with van der Waals surface area (Å²) in [6.45, 7) is 10.8. The number of piperidine rings is 2. The molecule has 6 heterocycles. The highest BCUT2D eigenvalue weighted by Gasteiger charge is 2.72. The van der Waals surface area contributed by atoms with Crippen molar-refractivity contribution in [2.24, 2.45) is 31.8 Å². The molecule has 6 rings (SSSR count). The van der Waals surface area contributed by atoms with Crippen LogP contribution in [0.1, 0.15) is 46.0 Å². The molecule has 226 valence electrons. The number of fused-ring (bicyclic) bond motifs is 1. The fourth-order valence-electron chi connectivity index (χ4n) is 6.74. The van der Waals surface area contributed by atoms with Crippen LogP contribution in [0.3, 0.4) is 0 Å². The molecule has 41 heavy (non-hydrogen) atoms. The first-order valence-electron chi connectivity index (χ1n) is 14.6. The van der Waals surface area contributed by atoms with Gasteiger partial charge in [-0.2, -0.15) is 0 Å². The third-order valence-electron chi connectivity index (χ3n) is 9.06. The van der Waals surface area contributed by atoms with Crippen LogP contribution in [0.4, 0.5) is 0 Å². The summed E-state index contributed by atoms with van der Waals surface area (Å²) in [5.41, 5.74) is -1.33. The summed E-state index contributed by atoms with van der Waals surface area (Å²) < 4.78 is -0.637. The summed E-state index contributed by atoms with van der Waals surface area (Å²) in [6, 6.07) is -0.896. The molecule has 14 heteroatoms. The average Bonchev–Trinajstić information content (AvgIpc) is 3.70. The van der Waals surface area contributed by atoms with Crippen molar-refractivity contribution < 1.29 is 14.7 Å². The predicted molar refractivity (Wildman–Crippen MR) is 165 cm³/mol. The van der Waals surface area contributed by atoms with E-state index in [4.69, 9.17) is 9.98 Å². The number of nitrogens with one attached hydrogen (secondary N) is 2. The molecule has 0 unspecified atom stereocenters. The first-order chi connectivity index (χ1) is 19.3. The fraction of sp³-hybridized carbons (Fsp3) is 0.778. The third kappa shape index (κ3) is 5.76. The quantitative estimate of drug-likeness (QED) is 0.212. The van der Waals surface area contributed by atoms with E-state index < -0.39 is 27.8 Å². The number of carboxylic acids is 1. The lowest BCUT2D eigenvalue weighted by molar-refractivity contribution is -0.164. The van der Waals surface area contributed by atoms with Crippen molar-refractivity contribution in [3.63, 3.8) is 0 Å². The van der Waals surface area contributed by atoms with Gasteiger partial charge in [0.2, 0.25) is 0 Å². The molecule has 0 aromatic carbocycles. The number of nitrogens with zero attached hydrogens (tertiary/aromatic N) is 7. The van der Waals surface area contributed by atoms with Gasteiger partial charge in [0.25, 0.3) is 11.6 Å². The van der Waals surface area contributed by atoms with Crippen molar-refractivity contribution >= 4 is 60.4 Å². The van der Waals surface area contributed by atoms with E-state index in [2.05, 4.69) is 30.4 Å². The molecule has 0 aromatic heterocycles. The van der Waals surface area contributed by atoms with E-state index in [0.29, 0.717) is 11.8 Å². The maximum Gasteiger partial charge on any atom is 0.327 e. The molecule has 0 aromatic rings. The number of hydrogen-bond donors (Lipinski definition) is 3. The molecule has 0 spiro atoms. The van der Waals surface area contributed by atoms with E-state index in [1.165, 1.54) is 16.7 Å². The fourth-order valence-corrected chi connectivity index (χ4v) is 8.38. The smallest absolute Gasteiger partial charge is 0.327 e. The number of carbonyl (C=O) groups is 2. The molecule has 0 aliphatic carbocycles. The summed E-state index contributed by atoms with van der Waals surface area (Å²) in [5, 5.41) is 16.3. The van der Waals surface area contributed by atoms with Crippen LogP contribution < -0.4 is 10.6 Å². The second-order valence-electron chi connectivity index (χ2n) is 12.2. The monoisotopic (exact) mass is 607 g/mol. The minimum atomic E-state index is -1.33. The summed E-state index contributed by atoms with van der Waals surface area (Å²) >= 11 is 1.49. The van der Waals surface area contributed by atoms with E-state index in [1.54, 1.807) is 12.7 Å². The molecule has 3 N–H and O–H groups in total. The lowest BCUT2D eigenvalue weighted by Gasteiger charge is -2.48. The minimum Gasteiger partial charge on any atom is -0.480 e. The van der Waals surface area contributed by atoms with E-state index in [1.807, 2.05) is 13.8 Å². The molecule has 1 amide bonds. The number of aliphatic imine (C=N–C) groups is 4. The van der Waals surface area contributed by atoms with Crippen LogP contribution >= 0.6 is 24.2 Å². The van der Waals surface area contributed by atoms with E-state index in [0.717, 1.165) is 96.1 Å². The predicted octanol–water partition coefficient (Wildman–Crippen LogP) is 1.13. The van der Waals surface area contributed by atoms with Gasteiger partial charge in [0.15, 0.2) is 0 Å². The van der Waals surface area contributed by atoms with E-state index >= 15 is 0 Å². The van der Waals surface area contributed by atoms with Gasteiger partial charge in [-0.3, -0.25) is 14.8 Å². The van der Waals surface area contributed by atoms with Gasteiger partial charge in [-0.05, 0) is 45.4 Å². The lowest BCUT2D eigenvalue weighted by atomic mass is 9.92. The van der Waals surface area contributed by atoms with Gasteiger partial charge in [-0.15, -0.1) is 24.2 Å². The Balaban J connectivity index is 0.00000337. The number of halogens is 1. The first kappa shape index (κ1) is 29.9. The molecular formula is C27H42ClN9O3S.